The minimum Gasteiger partial charge on any atom is -0.477 e. The molecule has 10 nitrogen and oxygen atoms in total. The fourth-order valence-corrected chi connectivity index (χ4v) is 5.48. The predicted molar refractivity (Wildman–Crippen MR) is 143 cm³/mol. The van der Waals surface area contributed by atoms with E-state index in [1.165, 1.54) is 23.0 Å². The number of rotatable bonds is 4. The first kappa shape index (κ1) is 24.7. The number of carbonyl (C=O) groups is 1. The number of aromatic carboxylic acids is 1. The summed E-state index contributed by atoms with van der Waals surface area (Å²) in [6.45, 7) is 2.56. The molecule has 4 N–H and O–H groups in total. The van der Waals surface area contributed by atoms with Crippen molar-refractivity contribution in [2.45, 2.75) is 13.0 Å². The van der Waals surface area contributed by atoms with Crippen LogP contribution in [-0.2, 0) is 7.05 Å². The molecule has 0 saturated carbocycles. The number of carboxylic acids is 1. The molecule has 1 aliphatic heterocycles. The molecule has 2 atom stereocenters. The number of hydrogen-bond acceptors (Lipinski definition) is 7. The quantitative estimate of drug-likeness (QED) is 0.275. The number of benzene rings is 1. The van der Waals surface area contributed by atoms with Crippen LogP contribution in [0.15, 0.2) is 35.5 Å². The van der Waals surface area contributed by atoms with Crippen molar-refractivity contribution in [2.24, 2.45) is 13.0 Å². The second kappa shape index (κ2) is 8.73. The molecule has 200 valence electrons. The fraction of sp³-hybridized carbons (Fsp3) is 0.259. The maximum atomic E-state index is 15.4. The summed E-state index contributed by atoms with van der Waals surface area (Å²) in [4.78, 5) is 38.6. The van der Waals surface area contributed by atoms with Crippen molar-refractivity contribution in [3.8, 4) is 11.1 Å². The van der Waals surface area contributed by atoms with E-state index in [0.717, 1.165) is 6.07 Å². The smallest absolute Gasteiger partial charge is 0.341 e. The number of aliphatic hydroxyl groups is 1. The van der Waals surface area contributed by atoms with Crippen molar-refractivity contribution in [1.82, 2.24) is 19.5 Å². The summed E-state index contributed by atoms with van der Waals surface area (Å²) in [5.74, 6) is -3.53. The van der Waals surface area contributed by atoms with Crippen LogP contribution in [0.25, 0.3) is 44.1 Å². The van der Waals surface area contributed by atoms with E-state index < -0.39 is 34.7 Å². The lowest BCUT2D eigenvalue weighted by atomic mass is 10.0. The number of nitrogens with zero attached hydrogens (tertiary/aromatic N) is 4. The van der Waals surface area contributed by atoms with Gasteiger partial charge in [0.15, 0.2) is 11.6 Å². The van der Waals surface area contributed by atoms with Gasteiger partial charge in [-0.2, -0.15) is 0 Å². The first-order valence-electron chi connectivity index (χ1n) is 12.3. The lowest BCUT2D eigenvalue weighted by Crippen LogP contribution is -2.22. The van der Waals surface area contributed by atoms with E-state index in [-0.39, 0.29) is 28.9 Å². The average molecular weight is 535 g/mol. The summed E-state index contributed by atoms with van der Waals surface area (Å²) in [6.07, 6.45) is 3.63. The number of aromatic nitrogens is 4. The van der Waals surface area contributed by atoms with Crippen molar-refractivity contribution in [3.63, 3.8) is 0 Å². The zero-order chi connectivity index (χ0) is 27.7. The Balaban J connectivity index is 1.72. The Morgan fingerprint density at radius 3 is 2.62 bits per heavy atom. The zero-order valence-electron chi connectivity index (χ0n) is 21.2. The summed E-state index contributed by atoms with van der Waals surface area (Å²) in [5, 5.41) is 23.4. The number of halogens is 2. The molecule has 1 aliphatic rings. The van der Waals surface area contributed by atoms with E-state index in [2.05, 4.69) is 20.3 Å². The van der Waals surface area contributed by atoms with Crippen LogP contribution in [0, 0.1) is 17.6 Å². The molecule has 1 aromatic carbocycles. The van der Waals surface area contributed by atoms with E-state index in [1.807, 2.05) is 11.8 Å². The minimum atomic E-state index is -1.36. The molecule has 0 amide bonds. The molecule has 0 spiro atoms. The van der Waals surface area contributed by atoms with Gasteiger partial charge in [0.2, 0.25) is 5.43 Å². The highest BCUT2D eigenvalue weighted by molar-refractivity contribution is 6.18. The van der Waals surface area contributed by atoms with Gasteiger partial charge in [-0.15, -0.1) is 0 Å². The van der Waals surface area contributed by atoms with Crippen LogP contribution >= 0.6 is 0 Å². The molecule has 12 heteroatoms. The second-order valence-electron chi connectivity index (χ2n) is 9.92. The Labute approximate surface area is 219 Å². The normalized spacial score (nSPS) is 17.5. The number of pyridine rings is 3. The van der Waals surface area contributed by atoms with Gasteiger partial charge in [0.05, 0.1) is 39.2 Å². The van der Waals surface area contributed by atoms with Crippen LogP contribution in [0.1, 0.15) is 17.3 Å². The van der Waals surface area contributed by atoms with Gasteiger partial charge in [0.1, 0.15) is 16.9 Å². The maximum Gasteiger partial charge on any atom is 0.341 e. The van der Waals surface area contributed by atoms with Crippen LogP contribution in [0.4, 0.5) is 20.2 Å². The number of anilines is 2. The van der Waals surface area contributed by atoms with E-state index in [0.29, 0.717) is 45.6 Å². The van der Waals surface area contributed by atoms with E-state index >= 15 is 4.39 Å². The molecule has 6 rings (SSSR count). The molecule has 1 saturated heterocycles. The largest absolute Gasteiger partial charge is 0.477 e. The first-order chi connectivity index (χ1) is 18.6. The maximum absolute atomic E-state index is 15.4. The van der Waals surface area contributed by atoms with Gasteiger partial charge in [0, 0.05) is 68.9 Å². The topological polar surface area (TPSA) is 136 Å². The van der Waals surface area contributed by atoms with Gasteiger partial charge >= 0.3 is 5.97 Å². The molecule has 1 fully saturated rings. The number of aryl methyl sites for hydroxylation is 1. The molecule has 5 aromatic rings. The molecule has 0 aliphatic carbocycles. The number of nitrogens with one attached hydrogen (secondary N) is 2. The second-order valence-corrected chi connectivity index (χ2v) is 9.92. The molecule has 5 heterocycles. The SMILES string of the molecule is CNc1cc(F)c(F)c2c1[nH]c1ncc(-c3cnc4c(c3)c(=O)c(C(=O)O)cn4C)c(N3C[C@H](C)[C@@H](O)C3)c12. The number of aliphatic hydroxyl groups excluding tert-OH is 1. The third-order valence-electron chi connectivity index (χ3n) is 7.48. The Kier molecular flexibility index (Phi) is 5.54. The Hall–Kier alpha value is -4.58. The standard InChI is InChI=1S/C27H24F2N6O4/c1-11-8-35(10-18(11)36)23-14(12-4-13-24(37)15(27(38)39)9-34(3)26(13)32-6-12)7-31-25-20(23)19-21(29)16(28)5-17(30-2)22(19)33-25/h4-7,9,11,18,30,36H,8,10H2,1-3H3,(H,31,33)(H,38,39)/t11-,18-/m0/s1. The summed E-state index contributed by atoms with van der Waals surface area (Å²) >= 11 is 0. The van der Waals surface area contributed by atoms with Gasteiger partial charge in [-0.3, -0.25) is 4.79 Å². The predicted octanol–water partition coefficient (Wildman–Crippen LogP) is 3.47. The van der Waals surface area contributed by atoms with Crippen molar-refractivity contribution in [3.05, 3.63) is 58.1 Å². The summed E-state index contributed by atoms with van der Waals surface area (Å²) in [7, 11) is 3.19. The molecule has 4 aromatic heterocycles. The fourth-order valence-electron chi connectivity index (χ4n) is 5.48. The number of fused-ring (bicyclic) bond motifs is 4. The summed E-state index contributed by atoms with van der Waals surface area (Å²) < 4.78 is 31.6. The van der Waals surface area contributed by atoms with Gasteiger partial charge in [-0.05, 0) is 6.07 Å². The van der Waals surface area contributed by atoms with Crippen molar-refractivity contribution in [2.75, 3.05) is 30.4 Å². The van der Waals surface area contributed by atoms with Crippen molar-refractivity contribution >= 4 is 50.3 Å². The molecule has 0 radical (unpaired) electrons. The molecule has 0 unspecified atom stereocenters. The Morgan fingerprint density at radius 2 is 1.95 bits per heavy atom. The van der Waals surface area contributed by atoms with Crippen molar-refractivity contribution in [1.29, 1.82) is 0 Å². The molecule has 0 bridgehead atoms. The third-order valence-corrected chi connectivity index (χ3v) is 7.48. The number of β-amino-alcohol motifs (C(OH)–C–C–N with tert-alkyl or cyclic N) is 1. The lowest BCUT2D eigenvalue weighted by Gasteiger charge is -2.23. The van der Waals surface area contributed by atoms with Crippen LogP contribution in [0.3, 0.4) is 0 Å². The Morgan fingerprint density at radius 1 is 1.18 bits per heavy atom. The molecule has 39 heavy (non-hydrogen) atoms. The van der Waals surface area contributed by atoms with Crippen LogP contribution < -0.4 is 15.6 Å². The first-order valence-corrected chi connectivity index (χ1v) is 12.3. The third kappa shape index (κ3) is 3.62. The lowest BCUT2D eigenvalue weighted by molar-refractivity contribution is 0.0695. The van der Waals surface area contributed by atoms with Gasteiger partial charge in [-0.1, -0.05) is 6.92 Å². The summed E-state index contributed by atoms with van der Waals surface area (Å²) in [5.41, 5.74) is 1.59. The van der Waals surface area contributed by atoms with Crippen LogP contribution in [-0.4, -0.2) is 61.9 Å². The highest BCUT2D eigenvalue weighted by Crippen LogP contribution is 2.44. The minimum absolute atomic E-state index is 0.00516. The number of H-pyrrole nitrogens is 1. The average Bonchev–Trinajstić information content (AvgIpc) is 3.47. The Bertz CT molecular complexity index is 1890. The zero-order valence-corrected chi connectivity index (χ0v) is 21.2. The van der Waals surface area contributed by atoms with Crippen molar-refractivity contribution < 1.29 is 23.8 Å². The monoisotopic (exact) mass is 534 g/mol. The van der Waals surface area contributed by atoms with Crippen LogP contribution in [0.5, 0.6) is 0 Å². The number of carboxylic acid groups (broad SMARTS) is 1. The number of aromatic amines is 1. The van der Waals surface area contributed by atoms with E-state index in [9.17, 15) is 24.2 Å². The summed E-state index contributed by atoms with van der Waals surface area (Å²) in [6, 6.07) is 2.60. The molecular formula is C27H24F2N6O4. The van der Waals surface area contributed by atoms with E-state index in [4.69, 9.17) is 0 Å². The highest BCUT2D eigenvalue weighted by atomic mass is 19.2. The number of hydrogen-bond donors (Lipinski definition) is 4. The van der Waals surface area contributed by atoms with E-state index in [1.54, 1.807) is 20.3 Å². The van der Waals surface area contributed by atoms with Gasteiger partial charge < -0.3 is 30.0 Å². The molecular weight excluding hydrogens is 510 g/mol. The van der Waals surface area contributed by atoms with Crippen LogP contribution in [0.2, 0.25) is 0 Å². The highest BCUT2D eigenvalue weighted by Gasteiger charge is 2.33. The van der Waals surface area contributed by atoms with Gasteiger partial charge in [-0.25, -0.2) is 23.5 Å². The van der Waals surface area contributed by atoms with Gasteiger partial charge in [0.25, 0.3) is 0 Å².